The number of halogens is 1. The first-order valence-electron chi connectivity index (χ1n) is 5.42. The molecule has 17 heavy (non-hydrogen) atoms. The smallest absolute Gasteiger partial charge is 0.137 e. The number of pyridine rings is 2. The molecule has 2 aromatic rings. The van der Waals surface area contributed by atoms with Crippen molar-refractivity contribution in [1.29, 1.82) is 0 Å². The van der Waals surface area contributed by atoms with Crippen molar-refractivity contribution < 1.29 is 4.74 Å². The van der Waals surface area contributed by atoms with Crippen LogP contribution >= 0.6 is 15.9 Å². The van der Waals surface area contributed by atoms with Crippen LogP contribution in [0.1, 0.15) is 11.4 Å². The fourth-order valence-corrected chi connectivity index (χ4v) is 1.73. The average Bonchev–Trinajstić information content (AvgIpc) is 2.41. The molecule has 0 aliphatic rings. The van der Waals surface area contributed by atoms with Crippen LogP contribution in [0.25, 0.3) is 0 Å². The van der Waals surface area contributed by atoms with Gasteiger partial charge in [0.1, 0.15) is 5.75 Å². The van der Waals surface area contributed by atoms with Crippen molar-refractivity contribution >= 4 is 15.9 Å². The van der Waals surface area contributed by atoms with Crippen molar-refractivity contribution in [1.82, 2.24) is 9.97 Å². The van der Waals surface area contributed by atoms with Gasteiger partial charge in [-0.1, -0.05) is 22.0 Å². The van der Waals surface area contributed by atoms with Crippen LogP contribution in [0.15, 0.2) is 42.7 Å². The van der Waals surface area contributed by atoms with Gasteiger partial charge in [-0.25, -0.2) is 0 Å². The normalized spacial score (nSPS) is 10.2. The summed E-state index contributed by atoms with van der Waals surface area (Å²) in [6.07, 6.45) is 4.34. The molecule has 4 heteroatoms. The fraction of sp³-hybridized carbons (Fsp3) is 0.231. The largest absolute Gasteiger partial charge is 0.492 e. The van der Waals surface area contributed by atoms with E-state index in [1.165, 1.54) is 0 Å². The molecule has 0 radical (unpaired) electrons. The van der Waals surface area contributed by atoms with E-state index in [1.54, 1.807) is 12.4 Å². The lowest BCUT2D eigenvalue weighted by Crippen LogP contribution is -2.03. The minimum Gasteiger partial charge on any atom is -0.492 e. The Labute approximate surface area is 109 Å². The molecular weight excluding hydrogens is 280 g/mol. The number of hydrogen-bond donors (Lipinski definition) is 0. The predicted molar refractivity (Wildman–Crippen MR) is 70.3 cm³/mol. The molecule has 0 spiro atoms. The molecule has 0 unspecified atom stereocenters. The molecule has 0 fully saturated rings. The van der Waals surface area contributed by atoms with Gasteiger partial charge in [0.25, 0.3) is 0 Å². The summed E-state index contributed by atoms with van der Waals surface area (Å²) in [5, 5.41) is 0.765. The van der Waals surface area contributed by atoms with Crippen molar-refractivity contribution in [3.05, 3.63) is 54.1 Å². The third-order valence-corrected chi connectivity index (χ3v) is 2.86. The fourth-order valence-electron chi connectivity index (χ4n) is 1.39. The molecule has 0 saturated heterocycles. The lowest BCUT2D eigenvalue weighted by atomic mass is 10.3. The summed E-state index contributed by atoms with van der Waals surface area (Å²) in [5.41, 5.74) is 2.04. The summed E-state index contributed by atoms with van der Waals surface area (Å²) in [6, 6.07) is 9.77. The molecule has 2 aromatic heterocycles. The average molecular weight is 293 g/mol. The molecule has 0 saturated carbocycles. The zero-order chi connectivity index (χ0) is 11.9. The highest BCUT2D eigenvalue weighted by Crippen LogP contribution is 2.11. The third kappa shape index (κ3) is 3.82. The van der Waals surface area contributed by atoms with Crippen molar-refractivity contribution in [3.8, 4) is 5.75 Å². The molecule has 2 heterocycles. The van der Waals surface area contributed by atoms with E-state index >= 15 is 0 Å². The first-order chi connectivity index (χ1) is 8.38. The van der Waals surface area contributed by atoms with Gasteiger partial charge in [0.2, 0.25) is 0 Å². The highest BCUT2D eigenvalue weighted by atomic mass is 79.9. The molecule has 2 rings (SSSR count). The van der Waals surface area contributed by atoms with Crippen LogP contribution < -0.4 is 4.74 Å². The van der Waals surface area contributed by atoms with E-state index in [2.05, 4.69) is 25.9 Å². The third-order valence-electron chi connectivity index (χ3n) is 2.29. The molecule has 0 aromatic carbocycles. The van der Waals surface area contributed by atoms with Gasteiger partial charge in [0.05, 0.1) is 18.5 Å². The minimum absolute atomic E-state index is 0.617. The molecule has 88 valence electrons. The molecule has 3 nitrogen and oxygen atoms in total. The summed E-state index contributed by atoms with van der Waals surface area (Å²) >= 11 is 3.35. The minimum atomic E-state index is 0.617. The molecule has 0 aliphatic carbocycles. The number of alkyl halides is 1. The maximum Gasteiger partial charge on any atom is 0.137 e. The van der Waals surface area contributed by atoms with E-state index in [0.29, 0.717) is 6.61 Å². The second-order valence-electron chi connectivity index (χ2n) is 3.54. The number of nitrogens with zero attached hydrogens (tertiary/aromatic N) is 2. The highest BCUT2D eigenvalue weighted by molar-refractivity contribution is 9.08. The van der Waals surface area contributed by atoms with E-state index < -0.39 is 0 Å². The van der Waals surface area contributed by atoms with Gasteiger partial charge in [0.15, 0.2) is 0 Å². The molecule has 0 aliphatic heterocycles. The molecule has 0 atom stereocenters. The molecule has 0 N–H and O–H groups in total. The molecule has 0 bridgehead atoms. The van der Waals surface area contributed by atoms with Crippen molar-refractivity contribution in [2.24, 2.45) is 0 Å². The Hall–Kier alpha value is -1.42. The Kier molecular flexibility index (Phi) is 4.50. The summed E-state index contributed by atoms with van der Waals surface area (Å²) in [4.78, 5) is 8.47. The number of ether oxygens (including phenoxy) is 1. The Morgan fingerprint density at radius 1 is 1.06 bits per heavy atom. The van der Waals surface area contributed by atoms with Crippen LogP contribution in [0.5, 0.6) is 5.75 Å². The number of aromatic nitrogens is 2. The van der Waals surface area contributed by atoms with Crippen molar-refractivity contribution in [2.75, 3.05) is 6.61 Å². The van der Waals surface area contributed by atoms with Gasteiger partial charge in [0, 0.05) is 23.6 Å². The van der Waals surface area contributed by atoms with Crippen LogP contribution in [0.3, 0.4) is 0 Å². The Bertz CT molecular complexity index is 445. The van der Waals surface area contributed by atoms with Crippen molar-refractivity contribution in [2.45, 2.75) is 11.8 Å². The van der Waals surface area contributed by atoms with E-state index in [0.717, 1.165) is 28.9 Å². The van der Waals surface area contributed by atoms with Gasteiger partial charge in [-0.3, -0.25) is 9.97 Å². The zero-order valence-electron chi connectivity index (χ0n) is 9.34. The summed E-state index contributed by atoms with van der Waals surface area (Å²) in [7, 11) is 0. The Balaban J connectivity index is 1.82. The predicted octanol–water partition coefficient (Wildman–Crippen LogP) is 2.99. The molecular formula is C13H13BrN2O. The van der Waals surface area contributed by atoms with E-state index in [1.807, 2.05) is 30.3 Å². The second-order valence-corrected chi connectivity index (χ2v) is 4.10. The first-order valence-corrected chi connectivity index (χ1v) is 6.54. The van der Waals surface area contributed by atoms with Gasteiger partial charge >= 0.3 is 0 Å². The maximum absolute atomic E-state index is 5.59. The van der Waals surface area contributed by atoms with E-state index in [-0.39, 0.29) is 0 Å². The summed E-state index contributed by atoms with van der Waals surface area (Å²) in [6.45, 7) is 0.617. The Morgan fingerprint density at radius 3 is 2.65 bits per heavy atom. The quantitative estimate of drug-likeness (QED) is 0.795. The van der Waals surface area contributed by atoms with Gasteiger partial charge in [-0.15, -0.1) is 0 Å². The standard InChI is InChI=1S/C13H13BrN2O/c14-9-12-4-5-13(10-16-12)17-8-6-11-3-1-2-7-15-11/h1-5,7,10H,6,8-9H2. The zero-order valence-corrected chi connectivity index (χ0v) is 10.9. The van der Waals surface area contributed by atoms with E-state index in [9.17, 15) is 0 Å². The van der Waals surface area contributed by atoms with Crippen LogP contribution in [0.2, 0.25) is 0 Å². The summed E-state index contributed by atoms with van der Waals surface area (Å²) in [5.74, 6) is 0.797. The van der Waals surface area contributed by atoms with Gasteiger partial charge in [-0.05, 0) is 24.3 Å². The second kappa shape index (κ2) is 6.35. The first kappa shape index (κ1) is 12.0. The lowest BCUT2D eigenvalue weighted by molar-refractivity contribution is 0.319. The highest BCUT2D eigenvalue weighted by Gasteiger charge is 1.97. The monoisotopic (exact) mass is 292 g/mol. The lowest BCUT2D eigenvalue weighted by Gasteiger charge is -2.05. The van der Waals surface area contributed by atoms with Gasteiger partial charge < -0.3 is 4.74 Å². The SMILES string of the molecule is BrCc1ccc(OCCc2ccccn2)cn1. The van der Waals surface area contributed by atoms with Crippen molar-refractivity contribution in [3.63, 3.8) is 0 Å². The van der Waals surface area contributed by atoms with Crippen LogP contribution in [-0.2, 0) is 11.8 Å². The van der Waals surface area contributed by atoms with Crippen LogP contribution in [0, 0.1) is 0 Å². The molecule has 0 amide bonds. The van der Waals surface area contributed by atoms with E-state index in [4.69, 9.17) is 4.74 Å². The van der Waals surface area contributed by atoms with Crippen LogP contribution in [0.4, 0.5) is 0 Å². The van der Waals surface area contributed by atoms with Gasteiger partial charge in [-0.2, -0.15) is 0 Å². The number of rotatable bonds is 5. The topological polar surface area (TPSA) is 35.0 Å². The Morgan fingerprint density at radius 2 is 2.00 bits per heavy atom. The summed E-state index contributed by atoms with van der Waals surface area (Å²) < 4.78 is 5.59. The maximum atomic E-state index is 5.59. The van der Waals surface area contributed by atoms with Crippen LogP contribution in [-0.4, -0.2) is 16.6 Å². The number of hydrogen-bond acceptors (Lipinski definition) is 3.